The van der Waals surface area contributed by atoms with Crippen LogP contribution in [0, 0.1) is 5.82 Å². The minimum Gasteiger partial charge on any atom is -0.484 e. The van der Waals surface area contributed by atoms with Crippen LogP contribution >= 0.6 is 0 Å². The third-order valence-electron chi connectivity index (χ3n) is 6.39. The zero-order chi connectivity index (χ0) is 25.9. The van der Waals surface area contributed by atoms with Crippen molar-refractivity contribution in [3.05, 3.63) is 107 Å². The summed E-state index contributed by atoms with van der Waals surface area (Å²) < 4.78 is 30.3. The van der Waals surface area contributed by atoms with E-state index in [4.69, 9.17) is 13.6 Å². The number of rotatable bonds is 7. The highest BCUT2D eigenvalue weighted by Gasteiger charge is 2.31. The molecule has 2 aromatic carbocycles. The van der Waals surface area contributed by atoms with Gasteiger partial charge in [0.25, 0.3) is 5.91 Å². The molecule has 5 rings (SSSR count). The van der Waals surface area contributed by atoms with Crippen molar-refractivity contribution >= 4 is 11.8 Å². The first-order valence-electron chi connectivity index (χ1n) is 11.9. The van der Waals surface area contributed by atoms with Gasteiger partial charge in [0.15, 0.2) is 12.3 Å². The van der Waals surface area contributed by atoms with E-state index >= 15 is 0 Å². The molecule has 0 radical (unpaired) electrons. The van der Waals surface area contributed by atoms with E-state index in [1.54, 1.807) is 42.5 Å². The number of aromatic nitrogens is 1. The van der Waals surface area contributed by atoms with Gasteiger partial charge in [0.2, 0.25) is 11.8 Å². The van der Waals surface area contributed by atoms with Crippen molar-refractivity contribution < 1.29 is 27.6 Å². The summed E-state index contributed by atoms with van der Waals surface area (Å²) in [5.74, 6) is 0.803. The van der Waals surface area contributed by atoms with Gasteiger partial charge in [-0.2, -0.15) is 0 Å². The summed E-state index contributed by atoms with van der Waals surface area (Å²) in [4.78, 5) is 32.6. The lowest BCUT2D eigenvalue weighted by Crippen LogP contribution is -2.39. The molecule has 4 aromatic rings. The van der Waals surface area contributed by atoms with Gasteiger partial charge in [-0.3, -0.25) is 9.59 Å². The van der Waals surface area contributed by atoms with Crippen molar-refractivity contribution in [1.29, 1.82) is 0 Å². The molecule has 2 aromatic heterocycles. The fourth-order valence-corrected chi connectivity index (χ4v) is 4.55. The molecule has 0 spiro atoms. The first kappa shape index (κ1) is 24.3. The van der Waals surface area contributed by atoms with E-state index in [9.17, 15) is 14.0 Å². The standard InChI is InChI=1S/C28H26FN3O5/c1-18(33)32-12-11-19-7-10-22(14-24(19)27(32)20-5-8-21(29)9-6-20)36-17-26-30-25(16-37-26)28(34)31(2)15-23-4-3-13-35-23/h3-10,13-14,16,27H,11-12,15,17H2,1-2H3. The second-order valence-electron chi connectivity index (χ2n) is 8.93. The normalized spacial score (nSPS) is 14.8. The van der Waals surface area contributed by atoms with Crippen LogP contribution in [0.3, 0.4) is 0 Å². The minimum atomic E-state index is -0.346. The maximum atomic E-state index is 13.6. The number of halogens is 1. The zero-order valence-electron chi connectivity index (χ0n) is 20.5. The third-order valence-corrected chi connectivity index (χ3v) is 6.39. The Morgan fingerprint density at radius 1 is 1.16 bits per heavy atom. The second-order valence-corrected chi connectivity index (χ2v) is 8.93. The molecule has 1 atom stereocenters. The van der Waals surface area contributed by atoms with Crippen LogP contribution < -0.4 is 4.74 Å². The highest BCUT2D eigenvalue weighted by Crippen LogP contribution is 2.37. The molecule has 9 heteroatoms. The lowest BCUT2D eigenvalue weighted by atomic mass is 9.88. The summed E-state index contributed by atoms with van der Waals surface area (Å²) in [5, 5.41) is 0. The van der Waals surface area contributed by atoms with E-state index in [0.717, 1.165) is 16.7 Å². The molecule has 190 valence electrons. The summed E-state index contributed by atoms with van der Waals surface area (Å²) in [6.07, 6.45) is 3.57. The molecular formula is C28H26FN3O5. The van der Waals surface area contributed by atoms with Crippen LogP contribution in [0.5, 0.6) is 5.75 Å². The molecule has 0 aliphatic carbocycles. The Morgan fingerprint density at radius 3 is 2.70 bits per heavy atom. The summed E-state index contributed by atoms with van der Waals surface area (Å²) in [6, 6.07) is 15.1. The molecule has 1 aliphatic rings. The average molecular weight is 504 g/mol. The number of oxazole rings is 1. The SMILES string of the molecule is CC(=O)N1CCc2ccc(OCc3nc(C(=O)N(C)Cc4ccco4)co3)cc2C1c1ccc(F)cc1. The largest absolute Gasteiger partial charge is 0.484 e. The average Bonchev–Trinajstić information content (AvgIpc) is 3.59. The third kappa shape index (κ3) is 5.25. The molecule has 8 nitrogen and oxygen atoms in total. The first-order valence-corrected chi connectivity index (χ1v) is 11.9. The second kappa shape index (κ2) is 10.3. The molecule has 1 aliphatic heterocycles. The Labute approximate surface area is 213 Å². The van der Waals surface area contributed by atoms with Crippen LogP contribution in [0.2, 0.25) is 0 Å². The monoisotopic (exact) mass is 503 g/mol. The number of ether oxygens (including phenoxy) is 1. The Morgan fingerprint density at radius 2 is 1.97 bits per heavy atom. The van der Waals surface area contributed by atoms with E-state index in [0.29, 0.717) is 31.0 Å². The molecule has 0 saturated heterocycles. The minimum absolute atomic E-state index is 0.0194. The Kier molecular flexibility index (Phi) is 6.76. The first-order chi connectivity index (χ1) is 17.9. The number of benzene rings is 2. The van der Waals surface area contributed by atoms with Gasteiger partial charge < -0.3 is 23.4 Å². The Hall–Kier alpha value is -4.40. The fourth-order valence-electron chi connectivity index (χ4n) is 4.55. The van der Waals surface area contributed by atoms with Crippen LogP contribution in [0.25, 0.3) is 0 Å². The van der Waals surface area contributed by atoms with E-state index in [1.165, 1.54) is 30.2 Å². The van der Waals surface area contributed by atoms with Crippen molar-refractivity contribution in [1.82, 2.24) is 14.8 Å². The van der Waals surface area contributed by atoms with Crippen LogP contribution in [0.1, 0.15) is 51.8 Å². The van der Waals surface area contributed by atoms with Crippen molar-refractivity contribution in [2.24, 2.45) is 0 Å². The van der Waals surface area contributed by atoms with Gasteiger partial charge in [-0.15, -0.1) is 0 Å². The Balaban J connectivity index is 1.31. The maximum Gasteiger partial charge on any atom is 0.275 e. The highest BCUT2D eigenvalue weighted by atomic mass is 19.1. The van der Waals surface area contributed by atoms with Gasteiger partial charge in [-0.1, -0.05) is 18.2 Å². The summed E-state index contributed by atoms with van der Waals surface area (Å²) in [5.41, 5.74) is 3.02. The topological polar surface area (TPSA) is 89.0 Å². The predicted molar refractivity (Wildman–Crippen MR) is 131 cm³/mol. The van der Waals surface area contributed by atoms with Gasteiger partial charge in [0, 0.05) is 20.5 Å². The van der Waals surface area contributed by atoms with Crippen LogP contribution in [0.4, 0.5) is 4.39 Å². The van der Waals surface area contributed by atoms with Gasteiger partial charge in [-0.05, 0) is 59.5 Å². The summed E-state index contributed by atoms with van der Waals surface area (Å²) in [6.45, 7) is 2.44. The number of amides is 2. The molecular weight excluding hydrogens is 477 g/mol. The van der Waals surface area contributed by atoms with Gasteiger partial charge >= 0.3 is 0 Å². The quantitative estimate of drug-likeness (QED) is 0.362. The van der Waals surface area contributed by atoms with Gasteiger partial charge in [-0.25, -0.2) is 9.37 Å². The van der Waals surface area contributed by atoms with E-state index in [-0.39, 0.29) is 41.9 Å². The number of carbonyl (C=O) groups is 2. The summed E-state index contributed by atoms with van der Waals surface area (Å²) >= 11 is 0. The predicted octanol–water partition coefficient (Wildman–Crippen LogP) is 4.75. The molecule has 1 unspecified atom stereocenters. The summed E-state index contributed by atoms with van der Waals surface area (Å²) in [7, 11) is 1.66. The van der Waals surface area contributed by atoms with Crippen LogP contribution in [-0.4, -0.2) is 40.2 Å². The molecule has 0 saturated carbocycles. The molecule has 2 amide bonds. The van der Waals surface area contributed by atoms with Crippen LogP contribution in [-0.2, 0) is 24.4 Å². The molecule has 37 heavy (non-hydrogen) atoms. The number of hydrogen-bond donors (Lipinski definition) is 0. The van der Waals surface area contributed by atoms with Crippen LogP contribution in [0.15, 0.2) is 76.0 Å². The highest BCUT2D eigenvalue weighted by molar-refractivity contribution is 5.91. The number of furan rings is 1. The molecule has 0 N–H and O–H groups in total. The van der Waals surface area contributed by atoms with E-state index in [1.807, 2.05) is 18.2 Å². The smallest absolute Gasteiger partial charge is 0.275 e. The Bertz CT molecular complexity index is 1400. The van der Waals surface area contributed by atoms with E-state index in [2.05, 4.69) is 4.98 Å². The van der Waals surface area contributed by atoms with E-state index < -0.39 is 0 Å². The van der Waals surface area contributed by atoms with Gasteiger partial charge in [0.05, 0.1) is 18.8 Å². The lowest BCUT2D eigenvalue weighted by molar-refractivity contribution is -0.130. The fraction of sp³-hybridized carbons (Fsp3) is 0.250. The number of carbonyl (C=O) groups excluding carboxylic acids is 2. The van der Waals surface area contributed by atoms with Crippen molar-refractivity contribution in [3.8, 4) is 5.75 Å². The molecule has 0 bridgehead atoms. The number of nitrogens with zero attached hydrogens (tertiary/aromatic N) is 3. The zero-order valence-corrected chi connectivity index (χ0v) is 20.5. The maximum absolute atomic E-state index is 13.6. The molecule has 0 fully saturated rings. The number of hydrogen-bond acceptors (Lipinski definition) is 6. The molecule has 3 heterocycles. The van der Waals surface area contributed by atoms with Crippen molar-refractivity contribution in [2.75, 3.05) is 13.6 Å². The number of fused-ring (bicyclic) bond motifs is 1. The van der Waals surface area contributed by atoms with Crippen molar-refractivity contribution in [3.63, 3.8) is 0 Å². The van der Waals surface area contributed by atoms with Gasteiger partial charge in [0.1, 0.15) is 23.6 Å². The van der Waals surface area contributed by atoms with Crippen molar-refractivity contribution in [2.45, 2.75) is 32.5 Å². The lowest BCUT2D eigenvalue weighted by Gasteiger charge is -2.37.